The summed E-state index contributed by atoms with van der Waals surface area (Å²) in [5, 5.41) is 2.99. The van der Waals surface area contributed by atoms with E-state index in [-0.39, 0.29) is 18.0 Å². The standard InChI is InChI=1S/C23H34N4O3/c1-18-6-8-20(9-7-18)24-23(29)27-12-10-25(11-13-27)21(19-4-2-3-5-19)22(28)26-14-16-30-17-15-26/h6-9,19,21H,2-5,10-17H2,1H3,(H,24,29)/t21-/m0/s1. The number of ether oxygens (including phenoxy) is 1. The number of carbonyl (C=O) groups excluding carboxylic acids is 2. The smallest absolute Gasteiger partial charge is 0.321 e. The summed E-state index contributed by atoms with van der Waals surface area (Å²) < 4.78 is 5.44. The van der Waals surface area contributed by atoms with E-state index >= 15 is 0 Å². The minimum atomic E-state index is -0.0598. The Bertz CT molecular complexity index is 718. The summed E-state index contributed by atoms with van der Waals surface area (Å²) >= 11 is 0. The topological polar surface area (TPSA) is 65.1 Å². The maximum absolute atomic E-state index is 13.4. The molecule has 1 aromatic rings. The van der Waals surface area contributed by atoms with Gasteiger partial charge in [-0.05, 0) is 37.8 Å². The van der Waals surface area contributed by atoms with E-state index in [1.807, 2.05) is 41.0 Å². The van der Waals surface area contributed by atoms with Gasteiger partial charge in [-0.2, -0.15) is 0 Å². The molecule has 1 atom stereocenters. The molecule has 2 heterocycles. The molecule has 0 unspecified atom stereocenters. The monoisotopic (exact) mass is 414 g/mol. The molecule has 7 heteroatoms. The summed E-state index contributed by atoms with van der Waals surface area (Å²) in [6.07, 6.45) is 4.71. The molecule has 0 aromatic heterocycles. The van der Waals surface area contributed by atoms with Crippen molar-refractivity contribution in [3.8, 4) is 0 Å². The summed E-state index contributed by atoms with van der Waals surface area (Å²) in [7, 11) is 0. The Labute approximate surface area is 179 Å². The van der Waals surface area contributed by atoms with E-state index in [1.54, 1.807) is 0 Å². The van der Waals surface area contributed by atoms with Gasteiger partial charge < -0.3 is 19.9 Å². The van der Waals surface area contributed by atoms with Crippen LogP contribution < -0.4 is 5.32 Å². The Hall–Kier alpha value is -2.12. The molecule has 3 aliphatic rings. The first-order chi connectivity index (χ1) is 14.6. The molecule has 7 nitrogen and oxygen atoms in total. The van der Waals surface area contributed by atoms with E-state index in [4.69, 9.17) is 4.74 Å². The lowest BCUT2D eigenvalue weighted by Crippen LogP contribution is -2.59. The lowest BCUT2D eigenvalue weighted by molar-refractivity contribution is -0.144. The highest BCUT2D eigenvalue weighted by molar-refractivity contribution is 5.89. The molecule has 0 bridgehead atoms. The van der Waals surface area contributed by atoms with Gasteiger partial charge in [0.25, 0.3) is 0 Å². The van der Waals surface area contributed by atoms with Crippen molar-refractivity contribution in [3.05, 3.63) is 29.8 Å². The maximum Gasteiger partial charge on any atom is 0.321 e. The molecule has 1 aliphatic carbocycles. The zero-order chi connectivity index (χ0) is 20.9. The second kappa shape index (κ2) is 9.79. The molecule has 1 saturated carbocycles. The molecule has 2 saturated heterocycles. The number of hydrogen-bond acceptors (Lipinski definition) is 4. The molecule has 3 amide bonds. The minimum Gasteiger partial charge on any atom is -0.378 e. The number of carbonyl (C=O) groups is 2. The van der Waals surface area contributed by atoms with E-state index in [0.717, 1.165) is 31.6 Å². The number of nitrogens with zero attached hydrogens (tertiary/aromatic N) is 3. The molecule has 1 N–H and O–H groups in total. The Morgan fingerprint density at radius 3 is 2.20 bits per heavy atom. The van der Waals surface area contributed by atoms with Crippen molar-refractivity contribution in [2.45, 2.75) is 38.6 Å². The molecule has 4 rings (SSSR count). The Morgan fingerprint density at radius 2 is 1.57 bits per heavy atom. The number of rotatable bonds is 4. The first-order valence-electron chi connectivity index (χ1n) is 11.3. The third kappa shape index (κ3) is 4.95. The van der Waals surface area contributed by atoms with Gasteiger partial charge in [0.2, 0.25) is 5.91 Å². The van der Waals surface area contributed by atoms with Crippen molar-refractivity contribution in [1.29, 1.82) is 0 Å². The van der Waals surface area contributed by atoms with Gasteiger partial charge in [-0.15, -0.1) is 0 Å². The molecule has 164 valence electrons. The predicted octanol–water partition coefficient (Wildman–Crippen LogP) is 2.56. The van der Waals surface area contributed by atoms with Crippen molar-refractivity contribution in [2.24, 2.45) is 5.92 Å². The molecule has 2 aliphatic heterocycles. The summed E-state index contributed by atoms with van der Waals surface area (Å²) in [5.74, 6) is 0.705. The third-order valence-corrected chi connectivity index (χ3v) is 6.72. The average molecular weight is 415 g/mol. The fraction of sp³-hybridized carbons (Fsp3) is 0.652. The second-order valence-corrected chi connectivity index (χ2v) is 8.75. The lowest BCUT2D eigenvalue weighted by atomic mass is 9.94. The fourth-order valence-electron chi connectivity index (χ4n) is 4.94. The zero-order valence-electron chi connectivity index (χ0n) is 18.0. The molecular weight excluding hydrogens is 380 g/mol. The molecule has 3 fully saturated rings. The predicted molar refractivity (Wildman–Crippen MR) is 116 cm³/mol. The van der Waals surface area contributed by atoms with Gasteiger partial charge in [-0.3, -0.25) is 9.69 Å². The molecule has 0 radical (unpaired) electrons. The minimum absolute atomic E-state index is 0.0482. The van der Waals surface area contributed by atoms with Crippen LogP contribution in [0.3, 0.4) is 0 Å². The number of aryl methyl sites for hydroxylation is 1. The van der Waals surface area contributed by atoms with Crippen molar-refractivity contribution >= 4 is 17.6 Å². The number of hydrogen-bond donors (Lipinski definition) is 1. The van der Waals surface area contributed by atoms with Crippen molar-refractivity contribution < 1.29 is 14.3 Å². The van der Waals surface area contributed by atoms with Crippen molar-refractivity contribution in [2.75, 3.05) is 57.8 Å². The van der Waals surface area contributed by atoms with Gasteiger partial charge in [-0.1, -0.05) is 30.5 Å². The van der Waals surface area contributed by atoms with Crippen LogP contribution in [0.15, 0.2) is 24.3 Å². The third-order valence-electron chi connectivity index (χ3n) is 6.72. The highest BCUT2D eigenvalue weighted by Crippen LogP contribution is 2.32. The number of nitrogens with one attached hydrogen (secondary N) is 1. The lowest BCUT2D eigenvalue weighted by Gasteiger charge is -2.42. The van der Waals surface area contributed by atoms with Crippen LogP contribution in [0, 0.1) is 12.8 Å². The van der Waals surface area contributed by atoms with Crippen LogP contribution in [-0.2, 0) is 9.53 Å². The summed E-state index contributed by atoms with van der Waals surface area (Å²) in [6, 6.07) is 7.75. The van der Waals surface area contributed by atoms with E-state index in [0.29, 0.717) is 45.3 Å². The molecule has 0 spiro atoms. The number of amides is 3. The van der Waals surface area contributed by atoms with Gasteiger partial charge in [-0.25, -0.2) is 4.79 Å². The fourth-order valence-corrected chi connectivity index (χ4v) is 4.94. The van der Waals surface area contributed by atoms with Crippen molar-refractivity contribution in [1.82, 2.24) is 14.7 Å². The van der Waals surface area contributed by atoms with E-state index < -0.39 is 0 Å². The largest absolute Gasteiger partial charge is 0.378 e. The average Bonchev–Trinajstić information content (AvgIpc) is 3.31. The van der Waals surface area contributed by atoms with Gasteiger partial charge >= 0.3 is 6.03 Å². The van der Waals surface area contributed by atoms with E-state index in [1.165, 1.54) is 18.4 Å². The zero-order valence-corrected chi connectivity index (χ0v) is 18.0. The van der Waals surface area contributed by atoms with Crippen molar-refractivity contribution in [3.63, 3.8) is 0 Å². The second-order valence-electron chi connectivity index (χ2n) is 8.75. The summed E-state index contributed by atoms with van der Waals surface area (Å²) in [4.78, 5) is 32.3. The van der Waals surface area contributed by atoms with Crippen LogP contribution in [-0.4, -0.2) is 85.2 Å². The quantitative estimate of drug-likeness (QED) is 0.822. The van der Waals surface area contributed by atoms with Crippen LogP contribution in [0.4, 0.5) is 10.5 Å². The van der Waals surface area contributed by atoms with Gasteiger partial charge in [0.05, 0.1) is 19.3 Å². The number of morpholine rings is 1. The SMILES string of the molecule is Cc1ccc(NC(=O)N2CCN([C@H](C(=O)N3CCOCC3)C3CCCC3)CC2)cc1. The Kier molecular flexibility index (Phi) is 6.89. The van der Waals surface area contributed by atoms with Gasteiger partial charge in [0.1, 0.15) is 0 Å². The summed E-state index contributed by atoms with van der Waals surface area (Å²) in [6.45, 7) is 7.49. The first kappa shape index (κ1) is 21.1. The highest BCUT2D eigenvalue weighted by Gasteiger charge is 2.39. The Morgan fingerprint density at radius 1 is 0.933 bits per heavy atom. The van der Waals surface area contributed by atoms with Crippen LogP contribution in [0.25, 0.3) is 0 Å². The van der Waals surface area contributed by atoms with Crippen LogP contribution in [0.1, 0.15) is 31.2 Å². The number of piperazine rings is 1. The van der Waals surface area contributed by atoms with E-state index in [9.17, 15) is 9.59 Å². The first-order valence-corrected chi connectivity index (χ1v) is 11.3. The normalized spacial score (nSPS) is 22.2. The van der Waals surface area contributed by atoms with E-state index in [2.05, 4.69) is 10.2 Å². The molecular formula is C23H34N4O3. The molecule has 1 aromatic carbocycles. The maximum atomic E-state index is 13.4. The van der Waals surface area contributed by atoms with Gasteiger partial charge in [0.15, 0.2) is 0 Å². The molecule has 30 heavy (non-hydrogen) atoms. The number of benzene rings is 1. The summed E-state index contributed by atoms with van der Waals surface area (Å²) in [5.41, 5.74) is 1.99. The Balaban J connectivity index is 1.36. The number of urea groups is 1. The van der Waals surface area contributed by atoms with Crippen LogP contribution in [0.2, 0.25) is 0 Å². The number of anilines is 1. The van der Waals surface area contributed by atoms with Gasteiger partial charge in [0, 0.05) is 45.0 Å². The van der Waals surface area contributed by atoms with Crippen LogP contribution in [0.5, 0.6) is 0 Å². The van der Waals surface area contributed by atoms with Crippen LogP contribution >= 0.6 is 0 Å². The highest BCUT2D eigenvalue weighted by atomic mass is 16.5.